The Labute approximate surface area is 142 Å². The van der Waals surface area contributed by atoms with E-state index in [-0.39, 0.29) is 19.1 Å². The fraction of sp³-hybridized carbons (Fsp3) is 0.125. The molecule has 0 spiro atoms. The van der Waals surface area contributed by atoms with Crippen molar-refractivity contribution >= 4 is 28.2 Å². The molecular weight excluding hydrogens is 326 g/mol. The van der Waals surface area contributed by atoms with Crippen molar-refractivity contribution in [3.05, 3.63) is 53.7 Å². The minimum atomic E-state index is -0.261. The van der Waals surface area contributed by atoms with E-state index < -0.39 is 0 Å². The lowest BCUT2D eigenvalue weighted by Crippen LogP contribution is -2.26. The Morgan fingerprint density at radius 2 is 2.08 bits per heavy atom. The first-order valence-corrected chi connectivity index (χ1v) is 8.13. The van der Waals surface area contributed by atoms with E-state index in [2.05, 4.69) is 25.6 Å². The van der Waals surface area contributed by atoms with Crippen molar-refractivity contribution < 1.29 is 9.90 Å². The van der Waals surface area contributed by atoms with E-state index in [0.29, 0.717) is 16.5 Å². The number of rotatable bonds is 6. The molecule has 0 atom stereocenters. The van der Waals surface area contributed by atoms with E-state index in [1.165, 1.54) is 11.3 Å². The van der Waals surface area contributed by atoms with Gasteiger partial charge in [-0.15, -0.1) is 11.3 Å². The number of thiazole rings is 1. The fourth-order valence-corrected chi connectivity index (χ4v) is 2.70. The van der Waals surface area contributed by atoms with Gasteiger partial charge in [-0.1, -0.05) is 6.07 Å². The monoisotopic (exact) mass is 341 g/mol. The standard InChI is InChI=1S/C16H15N5O2S/c22-8-7-19-15(23)11-4-6-18-14(9-11)21-16-20-13(10-24-16)12-3-1-2-5-17-12/h1-6,9-10,22H,7-8H2,(H,19,23)(H,18,20,21). The Balaban J connectivity index is 1.73. The number of hydrogen-bond donors (Lipinski definition) is 3. The summed E-state index contributed by atoms with van der Waals surface area (Å²) in [5.74, 6) is 0.261. The number of pyridine rings is 2. The summed E-state index contributed by atoms with van der Waals surface area (Å²) >= 11 is 1.43. The molecule has 122 valence electrons. The lowest BCUT2D eigenvalue weighted by molar-refractivity contribution is 0.0944. The van der Waals surface area contributed by atoms with Crippen LogP contribution in [0, 0.1) is 0 Å². The summed E-state index contributed by atoms with van der Waals surface area (Å²) in [5.41, 5.74) is 2.04. The second-order valence-corrected chi connectivity index (χ2v) is 5.65. The number of aliphatic hydroxyl groups is 1. The molecule has 3 N–H and O–H groups in total. The summed E-state index contributed by atoms with van der Waals surface area (Å²) in [4.78, 5) is 24.8. The van der Waals surface area contributed by atoms with Gasteiger partial charge in [-0.2, -0.15) is 0 Å². The molecule has 1 amide bonds. The molecule has 3 aromatic rings. The normalized spacial score (nSPS) is 10.4. The molecule has 8 heteroatoms. The van der Waals surface area contributed by atoms with Crippen LogP contribution < -0.4 is 10.6 Å². The maximum atomic E-state index is 11.9. The number of aromatic nitrogens is 3. The lowest BCUT2D eigenvalue weighted by Gasteiger charge is -2.05. The fourth-order valence-electron chi connectivity index (χ4n) is 1.98. The van der Waals surface area contributed by atoms with Gasteiger partial charge in [-0.25, -0.2) is 9.97 Å². The van der Waals surface area contributed by atoms with E-state index in [1.54, 1.807) is 24.5 Å². The first-order valence-electron chi connectivity index (χ1n) is 7.25. The molecule has 0 radical (unpaired) electrons. The summed E-state index contributed by atoms with van der Waals surface area (Å²) < 4.78 is 0. The highest BCUT2D eigenvalue weighted by atomic mass is 32.1. The van der Waals surface area contributed by atoms with Gasteiger partial charge in [-0.05, 0) is 24.3 Å². The molecule has 0 aliphatic carbocycles. The largest absolute Gasteiger partial charge is 0.395 e. The minimum Gasteiger partial charge on any atom is -0.395 e. The van der Waals surface area contributed by atoms with Crippen molar-refractivity contribution in [2.24, 2.45) is 0 Å². The van der Waals surface area contributed by atoms with Crippen molar-refractivity contribution in [3.8, 4) is 11.4 Å². The first kappa shape index (κ1) is 16.0. The highest BCUT2D eigenvalue weighted by molar-refractivity contribution is 7.14. The van der Waals surface area contributed by atoms with E-state index in [1.807, 2.05) is 23.6 Å². The predicted octanol–water partition coefficient (Wildman–Crippen LogP) is 2.07. The number of aliphatic hydroxyl groups excluding tert-OH is 1. The van der Waals surface area contributed by atoms with Crippen molar-refractivity contribution in [1.82, 2.24) is 20.3 Å². The minimum absolute atomic E-state index is 0.0999. The molecule has 0 saturated heterocycles. The number of amides is 1. The van der Waals surface area contributed by atoms with Crippen LogP contribution in [0.1, 0.15) is 10.4 Å². The molecule has 3 aromatic heterocycles. The molecule has 3 heterocycles. The Hall–Kier alpha value is -2.84. The van der Waals surface area contributed by atoms with Crippen molar-refractivity contribution in [2.75, 3.05) is 18.5 Å². The molecule has 0 aromatic carbocycles. The number of nitrogens with zero attached hydrogens (tertiary/aromatic N) is 3. The van der Waals surface area contributed by atoms with Crippen molar-refractivity contribution in [2.45, 2.75) is 0 Å². The highest BCUT2D eigenvalue weighted by Crippen LogP contribution is 2.25. The number of hydrogen-bond acceptors (Lipinski definition) is 7. The Morgan fingerprint density at radius 1 is 1.17 bits per heavy atom. The van der Waals surface area contributed by atoms with Crippen LogP contribution in [-0.4, -0.2) is 39.1 Å². The number of anilines is 2. The summed E-state index contributed by atoms with van der Waals surface area (Å²) in [6.45, 7) is 0.112. The van der Waals surface area contributed by atoms with Crippen molar-refractivity contribution in [3.63, 3.8) is 0 Å². The van der Waals surface area contributed by atoms with Crippen molar-refractivity contribution in [1.29, 1.82) is 0 Å². The molecule has 0 bridgehead atoms. The molecule has 0 aliphatic heterocycles. The van der Waals surface area contributed by atoms with E-state index in [9.17, 15) is 4.79 Å². The zero-order valence-corrected chi connectivity index (χ0v) is 13.5. The molecule has 0 aliphatic rings. The predicted molar refractivity (Wildman–Crippen MR) is 92.3 cm³/mol. The van der Waals surface area contributed by atoms with Crippen LogP contribution in [0.5, 0.6) is 0 Å². The Morgan fingerprint density at radius 3 is 2.88 bits per heavy atom. The summed E-state index contributed by atoms with van der Waals surface area (Å²) in [7, 11) is 0. The smallest absolute Gasteiger partial charge is 0.251 e. The third kappa shape index (κ3) is 3.92. The van der Waals surface area contributed by atoms with Crippen LogP contribution in [0.3, 0.4) is 0 Å². The quantitative estimate of drug-likeness (QED) is 0.635. The Bertz CT molecular complexity index is 822. The van der Waals surface area contributed by atoms with Gasteiger partial charge < -0.3 is 15.7 Å². The van der Waals surface area contributed by atoms with E-state index in [4.69, 9.17) is 5.11 Å². The van der Waals surface area contributed by atoms with Gasteiger partial charge in [0.1, 0.15) is 11.5 Å². The maximum Gasteiger partial charge on any atom is 0.251 e. The zero-order chi connectivity index (χ0) is 16.8. The highest BCUT2D eigenvalue weighted by Gasteiger charge is 2.09. The third-order valence-corrected chi connectivity index (χ3v) is 3.84. The average Bonchev–Trinajstić information content (AvgIpc) is 3.09. The topological polar surface area (TPSA) is 100 Å². The molecule has 0 unspecified atom stereocenters. The van der Waals surface area contributed by atoms with Crippen LogP contribution in [0.4, 0.5) is 10.9 Å². The molecule has 0 fully saturated rings. The average molecular weight is 341 g/mol. The number of carbonyl (C=O) groups is 1. The summed E-state index contributed by atoms with van der Waals surface area (Å²) in [6.07, 6.45) is 3.27. The van der Waals surface area contributed by atoms with Crippen LogP contribution in [-0.2, 0) is 0 Å². The number of carbonyl (C=O) groups excluding carboxylic acids is 1. The molecule has 24 heavy (non-hydrogen) atoms. The van der Waals surface area contributed by atoms with Gasteiger partial charge in [-0.3, -0.25) is 9.78 Å². The van der Waals surface area contributed by atoms with Gasteiger partial charge in [0, 0.05) is 29.9 Å². The van der Waals surface area contributed by atoms with E-state index >= 15 is 0 Å². The van der Waals surface area contributed by atoms with Gasteiger partial charge in [0.25, 0.3) is 5.91 Å². The lowest BCUT2D eigenvalue weighted by atomic mass is 10.2. The van der Waals surface area contributed by atoms with Gasteiger partial charge in [0.2, 0.25) is 0 Å². The maximum absolute atomic E-state index is 11.9. The number of nitrogens with one attached hydrogen (secondary N) is 2. The molecule has 3 rings (SSSR count). The van der Waals surface area contributed by atoms with Gasteiger partial charge >= 0.3 is 0 Å². The van der Waals surface area contributed by atoms with Gasteiger partial charge in [0.15, 0.2) is 5.13 Å². The second kappa shape index (κ2) is 7.62. The van der Waals surface area contributed by atoms with E-state index in [0.717, 1.165) is 11.4 Å². The van der Waals surface area contributed by atoms with Crippen LogP contribution in [0.2, 0.25) is 0 Å². The zero-order valence-electron chi connectivity index (χ0n) is 12.6. The summed E-state index contributed by atoms with van der Waals surface area (Å²) in [6, 6.07) is 8.90. The molecule has 0 saturated carbocycles. The SMILES string of the molecule is O=C(NCCO)c1ccnc(Nc2nc(-c3ccccn3)cs2)c1. The Kier molecular flexibility index (Phi) is 5.09. The molecular formula is C16H15N5O2S. The molecule has 7 nitrogen and oxygen atoms in total. The van der Waals surface area contributed by atoms with Crippen LogP contribution in [0.15, 0.2) is 48.1 Å². The first-order chi connectivity index (χ1) is 11.8. The second-order valence-electron chi connectivity index (χ2n) is 4.79. The van der Waals surface area contributed by atoms with Gasteiger partial charge in [0.05, 0.1) is 12.3 Å². The third-order valence-electron chi connectivity index (χ3n) is 3.09. The summed E-state index contributed by atoms with van der Waals surface area (Å²) in [5, 5.41) is 17.0. The van der Waals surface area contributed by atoms with Crippen LogP contribution in [0.25, 0.3) is 11.4 Å². The van der Waals surface area contributed by atoms with Crippen LogP contribution >= 0.6 is 11.3 Å².